The molecule has 142 valence electrons. The SMILES string of the molecule is CCC(=O)Nc1sc2c(c1-c1nc3ccccc3s1)CC(C)(C)NC2(C)C. The predicted molar refractivity (Wildman–Crippen MR) is 116 cm³/mol. The first-order chi connectivity index (χ1) is 12.7. The Labute approximate surface area is 168 Å². The summed E-state index contributed by atoms with van der Waals surface area (Å²) in [5.74, 6) is 0.0426. The highest BCUT2D eigenvalue weighted by atomic mass is 32.1. The van der Waals surface area contributed by atoms with Crippen LogP contribution in [0.2, 0.25) is 0 Å². The molecule has 2 aromatic heterocycles. The number of hydrogen-bond acceptors (Lipinski definition) is 5. The third-order valence-corrected chi connectivity index (χ3v) is 7.45. The van der Waals surface area contributed by atoms with Gasteiger partial charge in [-0.15, -0.1) is 22.7 Å². The number of aromatic nitrogens is 1. The maximum atomic E-state index is 12.2. The van der Waals surface area contributed by atoms with Crippen LogP contribution >= 0.6 is 22.7 Å². The molecule has 6 heteroatoms. The molecule has 0 saturated carbocycles. The third kappa shape index (κ3) is 3.30. The Morgan fingerprint density at radius 3 is 2.67 bits per heavy atom. The summed E-state index contributed by atoms with van der Waals surface area (Å²) in [6.45, 7) is 10.8. The predicted octanol–water partition coefficient (Wildman–Crippen LogP) is 5.53. The Morgan fingerprint density at radius 1 is 1.22 bits per heavy atom. The highest BCUT2D eigenvalue weighted by molar-refractivity contribution is 7.23. The highest BCUT2D eigenvalue weighted by Crippen LogP contribution is 2.50. The van der Waals surface area contributed by atoms with Crippen molar-refractivity contribution in [1.29, 1.82) is 0 Å². The zero-order chi connectivity index (χ0) is 19.4. The van der Waals surface area contributed by atoms with Crippen molar-refractivity contribution in [1.82, 2.24) is 10.3 Å². The molecule has 0 spiro atoms. The molecule has 4 nitrogen and oxygen atoms in total. The third-order valence-electron chi connectivity index (χ3n) is 4.93. The Morgan fingerprint density at radius 2 is 1.96 bits per heavy atom. The molecule has 1 amide bonds. The van der Waals surface area contributed by atoms with E-state index >= 15 is 0 Å². The van der Waals surface area contributed by atoms with Gasteiger partial charge in [0.05, 0.1) is 10.2 Å². The monoisotopic (exact) mass is 399 g/mol. The van der Waals surface area contributed by atoms with E-state index in [9.17, 15) is 4.79 Å². The Bertz CT molecular complexity index is 996. The van der Waals surface area contributed by atoms with Gasteiger partial charge >= 0.3 is 0 Å². The van der Waals surface area contributed by atoms with Crippen LogP contribution in [0.15, 0.2) is 24.3 Å². The van der Waals surface area contributed by atoms with Crippen LogP contribution in [-0.2, 0) is 16.8 Å². The molecule has 3 aromatic rings. The molecule has 0 fully saturated rings. The number of fused-ring (bicyclic) bond motifs is 2. The lowest BCUT2D eigenvalue weighted by Crippen LogP contribution is -2.54. The molecule has 0 aliphatic carbocycles. The summed E-state index contributed by atoms with van der Waals surface area (Å²) in [6.07, 6.45) is 1.38. The van der Waals surface area contributed by atoms with Gasteiger partial charge in [0.1, 0.15) is 10.0 Å². The quantitative estimate of drug-likeness (QED) is 0.608. The van der Waals surface area contributed by atoms with E-state index in [-0.39, 0.29) is 17.0 Å². The van der Waals surface area contributed by atoms with Gasteiger partial charge in [0.25, 0.3) is 0 Å². The molecule has 1 aliphatic rings. The van der Waals surface area contributed by atoms with E-state index in [0.29, 0.717) is 6.42 Å². The average Bonchev–Trinajstić information content (AvgIpc) is 3.14. The van der Waals surface area contributed by atoms with Crippen LogP contribution in [0, 0.1) is 0 Å². The summed E-state index contributed by atoms with van der Waals surface area (Å²) in [6, 6.07) is 8.22. The number of para-hydroxylation sites is 1. The zero-order valence-corrected chi connectivity index (χ0v) is 18.0. The number of thiophene rings is 1. The second kappa shape index (κ2) is 6.40. The molecular formula is C21H25N3OS2. The van der Waals surface area contributed by atoms with Crippen LogP contribution in [0.4, 0.5) is 5.00 Å². The number of hydrogen-bond donors (Lipinski definition) is 2. The van der Waals surface area contributed by atoms with Gasteiger partial charge in [0.2, 0.25) is 5.91 Å². The summed E-state index contributed by atoms with van der Waals surface area (Å²) in [7, 11) is 0. The summed E-state index contributed by atoms with van der Waals surface area (Å²) in [5, 5.41) is 8.82. The number of anilines is 1. The highest BCUT2D eigenvalue weighted by Gasteiger charge is 2.41. The molecule has 1 aromatic carbocycles. The second-order valence-corrected chi connectivity index (χ2v) is 10.4. The average molecular weight is 400 g/mol. The van der Waals surface area contributed by atoms with E-state index in [4.69, 9.17) is 4.98 Å². The van der Waals surface area contributed by atoms with Crippen molar-refractivity contribution >= 4 is 43.8 Å². The van der Waals surface area contributed by atoms with Crippen molar-refractivity contribution in [3.63, 3.8) is 0 Å². The first-order valence-corrected chi connectivity index (χ1v) is 10.9. The minimum absolute atomic E-state index is 0.0188. The largest absolute Gasteiger partial charge is 0.317 e. The van der Waals surface area contributed by atoms with Crippen LogP contribution in [0.1, 0.15) is 51.5 Å². The van der Waals surface area contributed by atoms with Crippen molar-refractivity contribution in [2.24, 2.45) is 0 Å². The maximum Gasteiger partial charge on any atom is 0.224 e. The van der Waals surface area contributed by atoms with Crippen LogP contribution in [0.5, 0.6) is 0 Å². The first kappa shape index (κ1) is 18.6. The second-order valence-electron chi connectivity index (χ2n) is 8.31. The summed E-state index contributed by atoms with van der Waals surface area (Å²) >= 11 is 3.39. The van der Waals surface area contributed by atoms with Crippen LogP contribution < -0.4 is 10.6 Å². The fourth-order valence-corrected chi connectivity index (χ4v) is 6.44. The fraction of sp³-hybridized carbons (Fsp3) is 0.429. The van der Waals surface area contributed by atoms with Gasteiger partial charge in [-0.25, -0.2) is 4.98 Å². The maximum absolute atomic E-state index is 12.2. The van der Waals surface area contributed by atoms with Crippen molar-refractivity contribution in [2.75, 3.05) is 5.32 Å². The standard InChI is InChI=1S/C21H25N3OS2/c1-6-15(25)23-19-16(18-22-13-9-7-8-10-14(13)26-18)12-11-20(2,3)24-21(4,5)17(12)27-19/h7-10,24H,6,11H2,1-5H3,(H,23,25). The Hall–Kier alpha value is -1.76. The Balaban J connectivity index is 1.95. The smallest absolute Gasteiger partial charge is 0.224 e. The number of benzene rings is 1. The van der Waals surface area contributed by atoms with Gasteiger partial charge in [-0.1, -0.05) is 19.1 Å². The lowest BCUT2D eigenvalue weighted by atomic mass is 9.81. The zero-order valence-electron chi connectivity index (χ0n) is 16.4. The fourth-order valence-electron chi connectivity index (χ4n) is 4.04. The van der Waals surface area contributed by atoms with E-state index in [1.165, 1.54) is 15.1 Å². The Kier molecular flexibility index (Phi) is 4.41. The minimum Gasteiger partial charge on any atom is -0.317 e. The molecule has 1 aliphatic heterocycles. The molecule has 3 heterocycles. The first-order valence-electron chi connectivity index (χ1n) is 9.31. The van der Waals surface area contributed by atoms with Crippen LogP contribution in [-0.4, -0.2) is 16.4 Å². The van der Waals surface area contributed by atoms with Gasteiger partial charge in [-0.05, 0) is 51.8 Å². The number of amides is 1. The van der Waals surface area contributed by atoms with Crippen molar-refractivity contribution in [3.8, 4) is 10.6 Å². The topological polar surface area (TPSA) is 54.0 Å². The molecule has 27 heavy (non-hydrogen) atoms. The van der Waals surface area contributed by atoms with Crippen LogP contribution in [0.3, 0.4) is 0 Å². The summed E-state index contributed by atoms with van der Waals surface area (Å²) in [4.78, 5) is 18.4. The number of nitrogens with zero attached hydrogens (tertiary/aromatic N) is 1. The van der Waals surface area contributed by atoms with E-state index in [0.717, 1.165) is 27.5 Å². The molecule has 0 unspecified atom stereocenters. The molecular weight excluding hydrogens is 374 g/mol. The summed E-state index contributed by atoms with van der Waals surface area (Å²) in [5.41, 5.74) is 3.27. The van der Waals surface area contributed by atoms with Gasteiger partial charge < -0.3 is 10.6 Å². The number of nitrogens with one attached hydrogen (secondary N) is 2. The molecule has 0 saturated heterocycles. The van der Waals surface area contributed by atoms with E-state index < -0.39 is 0 Å². The molecule has 0 bridgehead atoms. The number of carbonyl (C=O) groups is 1. The van der Waals surface area contributed by atoms with Gasteiger partial charge in [-0.3, -0.25) is 4.79 Å². The van der Waals surface area contributed by atoms with Gasteiger partial charge in [-0.2, -0.15) is 0 Å². The molecule has 0 atom stereocenters. The molecule has 4 rings (SSSR count). The number of thiazole rings is 1. The van der Waals surface area contributed by atoms with Crippen molar-refractivity contribution < 1.29 is 4.79 Å². The van der Waals surface area contributed by atoms with Crippen LogP contribution in [0.25, 0.3) is 20.8 Å². The lowest BCUT2D eigenvalue weighted by molar-refractivity contribution is -0.115. The van der Waals surface area contributed by atoms with Crippen molar-refractivity contribution in [2.45, 2.75) is 58.5 Å². The summed E-state index contributed by atoms with van der Waals surface area (Å²) < 4.78 is 1.17. The minimum atomic E-state index is -0.150. The lowest BCUT2D eigenvalue weighted by Gasteiger charge is -2.42. The van der Waals surface area contributed by atoms with E-state index in [2.05, 4.69) is 44.4 Å². The normalized spacial score (nSPS) is 17.7. The number of rotatable bonds is 3. The van der Waals surface area contributed by atoms with Gasteiger partial charge in [0, 0.05) is 27.9 Å². The van der Waals surface area contributed by atoms with Crippen molar-refractivity contribution in [3.05, 3.63) is 34.7 Å². The van der Waals surface area contributed by atoms with E-state index in [1.54, 1.807) is 22.7 Å². The van der Waals surface area contributed by atoms with E-state index in [1.807, 2.05) is 25.1 Å². The van der Waals surface area contributed by atoms with Gasteiger partial charge in [0.15, 0.2) is 0 Å². The molecule has 2 N–H and O–H groups in total. The molecule has 0 radical (unpaired) electrons. The number of carbonyl (C=O) groups excluding carboxylic acids is 1.